The van der Waals surface area contributed by atoms with Crippen LogP contribution in [0.15, 0.2) is 11.8 Å². The van der Waals surface area contributed by atoms with Crippen LogP contribution in [0.2, 0.25) is 0 Å². The highest BCUT2D eigenvalue weighted by Crippen LogP contribution is 1.74. The van der Waals surface area contributed by atoms with E-state index in [4.69, 9.17) is 11.6 Å². The van der Waals surface area contributed by atoms with Crippen molar-refractivity contribution >= 4 is 11.6 Å². The van der Waals surface area contributed by atoms with Crippen LogP contribution < -0.4 is 0 Å². The summed E-state index contributed by atoms with van der Waals surface area (Å²) < 4.78 is 4.38. The van der Waals surface area contributed by atoms with Gasteiger partial charge in [0.1, 0.15) is 0 Å². The fraction of sp³-hybridized carbons (Fsp3) is 0.333. The quantitative estimate of drug-likeness (QED) is 0.444. The summed E-state index contributed by atoms with van der Waals surface area (Å²) in [5.41, 5.74) is 1.31. The van der Waals surface area contributed by atoms with Crippen LogP contribution in [0.5, 0.6) is 0 Å². The summed E-state index contributed by atoms with van der Waals surface area (Å²) in [6.07, 6.45) is 1.39. The van der Waals surface area contributed by atoms with E-state index in [0.717, 1.165) is 0 Å². The molecule has 0 fully saturated rings. The van der Waals surface area contributed by atoms with Gasteiger partial charge in [-0.15, -0.1) is 0 Å². The number of rotatable bonds is 1. The Labute approximate surface area is 36.2 Å². The van der Waals surface area contributed by atoms with Crippen LogP contribution in [0.25, 0.3) is 0 Å². The van der Waals surface area contributed by atoms with Gasteiger partial charge in [-0.1, -0.05) is 11.6 Å². The van der Waals surface area contributed by atoms with Crippen LogP contribution in [0.3, 0.4) is 0 Å². The van der Waals surface area contributed by atoms with Crippen LogP contribution in [0, 0.1) is 0 Å². The van der Waals surface area contributed by atoms with Gasteiger partial charge >= 0.3 is 0 Å². The fourth-order valence-electron chi connectivity index (χ4n) is 0.0514. The van der Waals surface area contributed by atoms with Crippen LogP contribution in [0.4, 0.5) is 0 Å². The Balaban J connectivity index is 2.62. The lowest BCUT2D eigenvalue weighted by molar-refractivity contribution is 0.339. The minimum Gasteiger partial charge on any atom is -0.503 e. The SMILES string of the molecule is CO/C=C/Cl. The summed E-state index contributed by atoms with van der Waals surface area (Å²) in [6.45, 7) is 0. The monoisotopic (exact) mass is 92.0 g/mol. The summed E-state index contributed by atoms with van der Waals surface area (Å²) in [7, 11) is 1.54. The standard InChI is InChI=1S/C3H5ClO/c1-5-3-2-4/h2-3H,1H3/b3-2+. The first-order valence-electron chi connectivity index (χ1n) is 1.20. The second kappa shape index (κ2) is 3.83. The molecular weight excluding hydrogens is 87.5 g/mol. The van der Waals surface area contributed by atoms with E-state index in [1.54, 1.807) is 7.11 Å². The molecule has 0 saturated carbocycles. The molecule has 1 nitrogen and oxygen atoms in total. The molecule has 0 heterocycles. The van der Waals surface area contributed by atoms with Crippen LogP contribution in [-0.2, 0) is 4.74 Å². The Kier molecular flexibility index (Phi) is 3.70. The molecule has 0 aromatic rings. The zero-order valence-corrected chi connectivity index (χ0v) is 3.70. The highest BCUT2D eigenvalue weighted by Gasteiger charge is 1.49. The van der Waals surface area contributed by atoms with Crippen LogP contribution in [-0.4, -0.2) is 7.11 Å². The van der Waals surface area contributed by atoms with Gasteiger partial charge in [-0.05, 0) is 0 Å². The highest BCUT2D eigenvalue weighted by atomic mass is 35.5. The number of hydrogen-bond donors (Lipinski definition) is 0. The summed E-state index contributed by atoms with van der Waals surface area (Å²) in [5.74, 6) is 0. The third kappa shape index (κ3) is 3.83. The Hall–Kier alpha value is -0.170. The lowest BCUT2D eigenvalue weighted by Gasteiger charge is -1.75. The molecule has 0 atom stereocenters. The molecule has 0 spiro atoms. The van der Waals surface area contributed by atoms with Crippen LogP contribution in [0.1, 0.15) is 0 Å². The maximum absolute atomic E-state index is 5.00. The smallest absolute Gasteiger partial charge is 0.0937 e. The van der Waals surface area contributed by atoms with Gasteiger partial charge in [-0.2, -0.15) is 0 Å². The summed E-state index contributed by atoms with van der Waals surface area (Å²) in [6, 6.07) is 0. The molecule has 0 aromatic heterocycles. The zero-order valence-electron chi connectivity index (χ0n) is 2.94. The largest absolute Gasteiger partial charge is 0.503 e. The number of ether oxygens (including phenoxy) is 1. The fourth-order valence-corrected chi connectivity index (χ4v) is 0.154. The van der Waals surface area contributed by atoms with E-state index in [1.807, 2.05) is 0 Å². The maximum Gasteiger partial charge on any atom is 0.0937 e. The van der Waals surface area contributed by atoms with Crippen molar-refractivity contribution in [2.75, 3.05) is 7.11 Å². The van der Waals surface area contributed by atoms with Crippen molar-refractivity contribution in [3.63, 3.8) is 0 Å². The first-order valence-corrected chi connectivity index (χ1v) is 1.63. The van der Waals surface area contributed by atoms with Gasteiger partial charge in [0.05, 0.1) is 13.4 Å². The predicted molar refractivity (Wildman–Crippen MR) is 22.0 cm³/mol. The average Bonchev–Trinajstić information content (AvgIpc) is 1.41. The summed E-state index contributed by atoms with van der Waals surface area (Å²) >= 11 is 5.00. The van der Waals surface area contributed by atoms with Crippen molar-refractivity contribution in [3.05, 3.63) is 11.8 Å². The van der Waals surface area contributed by atoms with Crippen molar-refractivity contribution < 1.29 is 4.74 Å². The molecule has 0 aliphatic rings. The average molecular weight is 92.5 g/mol. The van der Waals surface area contributed by atoms with Crippen molar-refractivity contribution in [1.29, 1.82) is 0 Å². The van der Waals surface area contributed by atoms with Crippen molar-refractivity contribution in [2.45, 2.75) is 0 Å². The highest BCUT2D eigenvalue weighted by molar-refractivity contribution is 6.25. The van der Waals surface area contributed by atoms with E-state index in [9.17, 15) is 0 Å². The molecular formula is C3H5ClO. The van der Waals surface area contributed by atoms with Gasteiger partial charge in [-0.3, -0.25) is 0 Å². The lowest BCUT2D eigenvalue weighted by Crippen LogP contribution is -1.56. The molecule has 0 aliphatic heterocycles. The third-order valence-electron chi connectivity index (χ3n) is 0.188. The zero-order chi connectivity index (χ0) is 4.12. The molecule has 0 aromatic carbocycles. The van der Waals surface area contributed by atoms with E-state index in [1.165, 1.54) is 11.8 Å². The molecule has 0 amide bonds. The number of halogens is 1. The van der Waals surface area contributed by atoms with Crippen molar-refractivity contribution in [2.24, 2.45) is 0 Å². The predicted octanol–water partition coefficient (Wildman–Crippen LogP) is 1.34. The number of methoxy groups -OCH3 is 1. The first kappa shape index (κ1) is 4.83. The van der Waals surface area contributed by atoms with E-state index >= 15 is 0 Å². The summed E-state index contributed by atoms with van der Waals surface area (Å²) in [4.78, 5) is 0. The van der Waals surface area contributed by atoms with Gasteiger partial charge in [0, 0.05) is 5.54 Å². The summed E-state index contributed by atoms with van der Waals surface area (Å²) in [5, 5.41) is 0. The molecule has 30 valence electrons. The van der Waals surface area contributed by atoms with Crippen LogP contribution >= 0.6 is 11.6 Å². The Morgan fingerprint density at radius 3 is 2.40 bits per heavy atom. The second-order valence-electron chi connectivity index (χ2n) is 0.498. The van der Waals surface area contributed by atoms with E-state index in [0.29, 0.717) is 0 Å². The minimum atomic E-state index is 1.31. The normalized spacial score (nSPS) is 9.20. The van der Waals surface area contributed by atoms with Gasteiger partial charge in [0.25, 0.3) is 0 Å². The minimum absolute atomic E-state index is 1.31. The van der Waals surface area contributed by atoms with E-state index in [-0.39, 0.29) is 0 Å². The van der Waals surface area contributed by atoms with Gasteiger partial charge in [0.2, 0.25) is 0 Å². The topological polar surface area (TPSA) is 9.23 Å². The maximum atomic E-state index is 5.00. The first-order chi connectivity index (χ1) is 2.41. The molecule has 0 N–H and O–H groups in total. The lowest BCUT2D eigenvalue weighted by atomic mass is 11.1. The van der Waals surface area contributed by atoms with E-state index < -0.39 is 0 Å². The van der Waals surface area contributed by atoms with Gasteiger partial charge in [-0.25, -0.2) is 0 Å². The Bertz CT molecular complexity index is 33.9. The molecule has 0 radical (unpaired) electrons. The van der Waals surface area contributed by atoms with Gasteiger partial charge in [0.15, 0.2) is 0 Å². The van der Waals surface area contributed by atoms with Crippen molar-refractivity contribution in [1.82, 2.24) is 0 Å². The van der Waals surface area contributed by atoms with Crippen molar-refractivity contribution in [3.8, 4) is 0 Å². The molecule has 0 bridgehead atoms. The number of hydrogen-bond acceptors (Lipinski definition) is 1. The Morgan fingerprint density at radius 2 is 2.40 bits per heavy atom. The molecule has 0 aliphatic carbocycles. The van der Waals surface area contributed by atoms with E-state index in [2.05, 4.69) is 4.74 Å². The molecule has 5 heavy (non-hydrogen) atoms. The van der Waals surface area contributed by atoms with Gasteiger partial charge < -0.3 is 4.74 Å². The molecule has 0 saturated heterocycles. The second-order valence-corrected chi connectivity index (χ2v) is 0.750. The molecule has 2 heteroatoms. The third-order valence-corrected chi connectivity index (χ3v) is 0.290. The Morgan fingerprint density at radius 1 is 1.80 bits per heavy atom. The molecule has 0 rings (SSSR count). The molecule has 0 unspecified atom stereocenters.